The van der Waals surface area contributed by atoms with Crippen LogP contribution in [0.15, 0.2) is 54.7 Å². The van der Waals surface area contributed by atoms with E-state index in [1.165, 1.54) is 16.5 Å². The van der Waals surface area contributed by atoms with Crippen LogP contribution in [0.4, 0.5) is 0 Å². The number of nitrogens with zero attached hydrogens (tertiary/aromatic N) is 1. The molecule has 0 unspecified atom stereocenters. The summed E-state index contributed by atoms with van der Waals surface area (Å²) in [4.78, 5) is 5.77. The van der Waals surface area contributed by atoms with Crippen LogP contribution in [-0.2, 0) is 17.6 Å². The zero-order valence-electron chi connectivity index (χ0n) is 13.5. The molecular formula is C20H21ClN2O. The molecule has 2 aromatic carbocycles. The van der Waals surface area contributed by atoms with E-state index >= 15 is 0 Å². The minimum Gasteiger partial charge on any atom is -0.364 e. The Kier molecular flexibility index (Phi) is 4.56. The third-order valence-electron chi connectivity index (χ3n) is 4.80. The second kappa shape index (κ2) is 6.98. The topological polar surface area (TPSA) is 28.3 Å². The Bertz CT molecular complexity index is 815. The van der Waals surface area contributed by atoms with E-state index in [0.717, 1.165) is 43.3 Å². The molecular weight excluding hydrogens is 320 g/mol. The fraction of sp³-hybridized carbons (Fsp3) is 0.300. The maximum absolute atomic E-state index is 6.14. The average molecular weight is 341 g/mol. The van der Waals surface area contributed by atoms with E-state index in [1.807, 2.05) is 18.2 Å². The quantitative estimate of drug-likeness (QED) is 0.751. The first kappa shape index (κ1) is 15.7. The number of fused-ring (bicyclic) bond motifs is 1. The Labute approximate surface area is 147 Å². The molecule has 1 atom stereocenters. The van der Waals surface area contributed by atoms with Crippen molar-refractivity contribution in [1.82, 2.24) is 9.88 Å². The molecule has 1 N–H and O–H groups in total. The molecule has 3 aromatic rings. The third kappa shape index (κ3) is 3.34. The first-order valence-electron chi connectivity index (χ1n) is 8.41. The first-order chi connectivity index (χ1) is 11.8. The number of aromatic amines is 1. The van der Waals surface area contributed by atoms with Gasteiger partial charge in [0.05, 0.1) is 13.3 Å². The van der Waals surface area contributed by atoms with E-state index in [1.54, 1.807) is 0 Å². The van der Waals surface area contributed by atoms with Gasteiger partial charge in [-0.25, -0.2) is 0 Å². The first-order valence-corrected chi connectivity index (χ1v) is 8.78. The van der Waals surface area contributed by atoms with Crippen LogP contribution in [0.3, 0.4) is 0 Å². The van der Waals surface area contributed by atoms with Crippen molar-refractivity contribution in [3.63, 3.8) is 0 Å². The second-order valence-corrected chi connectivity index (χ2v) is 6.85. The maximum atomic E-state index is 6.14. The number of benzene rings is 2. The van der Waals surface area contributed by atoms with Crippen LogP contribution in [0.25, 0.3) is 10.9 Å². The molecule has 0 spiro atoms. The molecule has 0 bridgehead atoms. The standard InChI is InChI=1S/C20H21ClN2O/c21-17-6-7-20-19(11-17)16(12-22-20)8-9-23-14-24-13-18(23)10-15-4-2-1-3-5-15/h1-7,11-12,18,22H,8-10,13-14H2/t18-/m1/s1. The van der Waals surface area contributed by atoms with E-state index in [9.17, 15) is 0 Å². The van der Waals surface area contributed by atoms with Gasteiger partial charge in [-0.3, -0.25) is 4.90 Å². The normalized spacial score (nSPS) is 18.5. The van der Waals surface area contributed by atoms with Gasteiger partial charge in [0, 0.05) is 34.7 Å². The molecule has 2 heterocycles. The third-order valence-corrected chi connectivity index (χ3v) is 5.03. The van der Waals surface area contributed by atoms with Gasteiger partial charge in [-0.15, -0.1) is 0 Å². The lowest BCUT2D eigenvalue weighted by molar-refractivity contribution is 0.139. The summed E-state index contributed by atoms with van der Waals surface area (Å²) >= 11 is 6.14. The zero-order chi connectivity index (χ0) is 16.4. The highest BCUT2D eigenvalue weighted by Crippen LogP contribution is 2.24. The molecule has 24 heavy (non-hydrogen) atoms. The molecule has 1 saturated heterocycles. The lowest BCUT2D eigenvalue weighted by Gasteiger charge is -2.22. The fourth-order valence-corrected chi connectivity index (χ4v) is 3.63. The maximum Gasteiger partial charge on any atom is 0.0994 e. The number of nitrogens with one attached hydrogen (secondary N) is 1. The number of aromatic nitrogens is 1. The largest absolute Gasteiger partial charge is 0.364 e. The predicted molar refractivity (Wildman–Crippen MR) is 98.5 cm³/mol. The minimum atomic E-state index is 0.459. The van der Waals surface area contributed by atoms with Crippen LogP contribution in [0.2, 0.25) is 5.02 Å². The smallest absolute Gasteiger partial charge is 0.0994 e. The Hall–Kier alpha value is -1.81. The SMILES string of the molecule is Clc1ccc2[nH]cc(CCN3COC[C@H]3Cc3ccccc3)c2c1. The summed E-state index contributed by atoms with van der Waals surface area (Å²) in [6, 6.07) is 17.1. The van der Waals surface area contributed by atoms with Crippen LogP contribution >= 0.6 is 11.6 Å². The summed E-state index contributed by atoms with van der Waals surface area (Å²) in [6.45, 7) is 2.53. The predicted octanol–water partition coefficient (Wildman–Crippen LogP) is 4.26. The van der Waals surface area contributed by atoms with Gasteiger partial charge in [0.15, 0.2) is 0 Å². The number of hydrogen-bond acceptors (Lipinski definition) is 2. The highest BCUT2D eigenvalue weighted by molar-refractivity contribution is 6.31. The second-order valence-electron chi connectivity index (χ2n) is 6.41. The molecule has 1 aliphatic heterocycles. The van der Waals surface area contributed by atoms with Crippen molar-refractivity contribution in [2.75, 3.05) is 19.9 Å². The number of halogens is 1. The molecule has 1 fully saturated rings. The number of hydrogen-bond donors (Lipinski definition) is 1. The van der Waals surface area contributed by atoms with Crippen molar-refractivity contribution in [3.05, 3.63) is 70.9 Å². The molecule has 0 saturated carbocycles. The summed E-state index contributed by atoms with van der Waals surface area (Å²) in [6.07, 6.45) is 4.14. The van der Waals surface area contributed by atoms with Gasteiger partial charge in [-0.05, 0) is 42.2 Å². The van der Waals surface area contributed by atoms with Gasteiger partial charge >= 0.3 is 0 Å². The van der Waals surface area contributed by atoms with E-state index in [2.05, 4.69) is 46.4 Å². The van der Waals surface area contributed by atoms with Crippen molar-refractivity contribution >= 4 is 22.5 Å². The fourth-order valence-electron chi connectivity index (χ4n) is 3.46. The van der Waals surface area contributed by atoms with Crippen LogP contribution in [0, 0.1) is 0 Å². The lowest BCUT2D eigenvalue weighted by atomic mass is 10.1. The van der Waals surface area contributed by atoms with Crippen molar-refractivity contribution in [2.24, 2.45) is 0 Å². The lowest BCUT2D eigenvalue weighted by Crippen LogP contribution is -2.34. The zero-order valence-corrected chi connectivity index (χ0v) is 14.3. The van der Waals surface area contributed by atoms with Crippen molar-refractivity contribution in [3.8, 4) is 0 Å². The minimum absolute atomic E-state index is 0.459. The summed E-state index contributed by atoms with van der Waals surface area (Å²) in [5.41, 5.74) is 3.84. The summed E-state index contributed by atoms with van der Waals surface area (Å²) in [5.74, 6) is 0. The van der Waals surface area contributed by atoms with Crippen LogP contribution in [-0.4, -0.2) is 35.8 Å². The van der Waals surface area contributed by atoms with Gasteiger partial charge < -0.3 is 9.72 Å². The van der Waals surface area contributed by atoms with Gasteiger partial charge in [0.1, 0.15) is 0 Å². The van der Waals surface area contributed by atoms with E-state index in [-0.39, 0.29) is 0 Å². The van der Waals surface area contributed by atoms with Gasteiger partial charge in [0.2, 0.25) is 0 Å². The van der Waals surface area contributed by atoms with Crippen LogP contribution < -0.4 is 0 Å². The summed E-state index contributed by atoms with van der Waals surface area (Å²) in [7, 11) is 0. The van der Waals surface area contributed by atoms with Gasteiger partial charge in [0.25, 0.3) is 0 Å². The summed E-state index contributed by atoms with van der Waals surface area (Å²) < 4.78 is 5.72. The van der Waals surface area contributed by atoms with E-state index in [4.69, 9.17) is 16.3 Å². The molecule has 124 valence electrons. The van der Waals surface area contributed by atoms with Crippen LogP contribution in [0.5, 0.6) is 0 Å². The Morgan fingerprint density at radius 1 is 1.17 bits per heavy atom. The Morgan fingerprint density at radius 2 is 2.04 bits per heavy atom. The molecule has 4 rings (SSSR count). The van der Waals surface area contributed by atoms with Gasteiger partial charge in [-0.2, -0.15) is 0 Å². The molecule has 0 radical (unpaired) electrons. The average Bonchev–Trinajstić information content (AvgIpc) is 3.20. The van der Waals surface area contributed by atoms with Crippen molar-refractivity contribution < 1.29 is 4.74 Å². The van der Waals surface area contributed by atoms with Gasteiger partial charge in [-0.1, -0.05) is 41.9 Å². The monoisotopic (exact) mass is 340 g/mol. The number of H-pyrrole nitrogens is 1. The number of ether oxygens (including phenoxy) is 1. The molecule has 4 heteroatoms. The molecule has 3 nitrogen and oxygen atoms in total. The van der Waals surface area contributed by atoms with E-state index in [0.29, 0.717) is 6.04 Å². The molecule has 1 aromatic heterocycles. The highest BCUT2D eigenvalue weighted by Gasteiger charge is 2.25. The Morgan fingerprint density at radius 3 is 2.92 bits per heavy atom. The van der Waals surface area contributed by atoms with Crippen molar-refractivity contribution in [1.29, 1.82) is 0 Å². The molecule has 0 aliphatic carbocycles. The summed E-state index contributed by atoms with van der Waals surface area (Å²) in [5, 5.41) is 2.01. The Balaban J connectivity index is 1.43. The molecule has 1 aliphatic rings. The highest BCUT2D eigenvalue weighted by atomic mass is 35.5. The molecule has 0 amide bonds. The number of rotatable bonds is 5. The van der Waals surface area contributed by atoms with E-state index < -0.39 is 0 Å². The van der Waals surface area contributed by atoms with Crippen LogP contribution in [0.1, 0.15) is 11.1 Å². The van der Waals surface area contributed by atoms with Crippen molar-refractivity contribution in [2.45, 2.75) is 18.9 Å².